The van der Waals surface area contributed by atoms with Gasteiger partial charge in [-0.3, -0.25) is 14.9 Å². The molecule has 0 aliphatic heterocycles. The summed E-state index contributed by atoms with van der Waals surface area (Å²) in [4.78, 5) is 22.1. The van der Waals surface area contributed by atoms with Gasteiger partial charge in [0.25, 0.3) is 11.6 Å². The number of hydrogen-bond donors (Lipinski definition) is 1. The molecule has 0 unspecified atom stereocenters. The molecule has 0 atom stereocenters. The zero-order chi connectivity index (χ0) is 16.8. The summed E-state index contributed by atoms with van der Waals surface area (Å²) in [7, 11) is 1.52. The van der Waals surface area contributed by atoms with E-state index in [4.69, 9.17) is 9.47 Å². The van der Waals surface area contributed by atoms with Crippen molar-refractivity contribution in [2.75, 3.05) is 19.0 Å². The van der Waals surface area contributed by atoms with Gasteiger partial charge in [-0.1, -0.05) is 12.1 Å². The minimum atomic E-state index is -0.481. The first kappa shape index (κ1) is 16.3. The molecule has 2 aromatic carbocycles. The van der Waals surface area contributed by atoms with Crippen LogP contribution >= 0.6 is 0 Å². The molecule has 2 rings (SSSR count). The molecule has 2 aromatic rings. The van der Waals surface area contributed by atoms with Crippen LogP contribution < -0.4 is 14.8 Å². The van der Waals surface area contributed by atoms with Gasteiger partial charge in [0.15, 0.2) is 6.61 Å². The van der Waals surface area contributed by atoms with Gasteiger partial charge in [0.05, 0.1) is 17.7 Å². The minimum absolute atomic E-state index is 0.0201. The van der Waals surface area contributed by atoms with E-state index in [1.54, 1.807) is 31.2 Å². The Morgan fingerprint density at radius 1 is 1.22 bits per heavy atom. The number of nitrogens with one attached hydrogen (secondary N) is 1. The summed E-state index contributed by atoms with van der Waals surface area (Å²) in [5.41, 5.74) is 1.11. The number of amides is 1. The van der Waals surface area contributed by atoms with Gasteiger partial charge in [0, 0.05) is 12.1 Å². The first-order valence-electron chi connectivity index (χ1n) is 6.82. The van der Waals surface area contributed by atoms with E-state index >= 15 is 0 Å². The lowest BCUT2D eigenvalue weighted by Crippen LogP contribution is -2.20. The first-order chi connectivity index (χ1) is 11.0. The molecule has 0 radical (unpaired) electrons. The van der Waals surface area contributed by atoms with Crippen molar-refractivity contribution in [3.05, 3.63) is 58.1 Å². The molecule has 7 heteroatoms. The Labute approximate surface area is 133 Å². The lowest BCUT2D eigenvalue weighted by atomic mass is 10.2. The standard InChI is InChI=1S/C16H16N2O5/c1-11-9-12(18(20)21)7-8-14(11)23-10-16(19)17-13-5-3-4-6-15(13)22-2/h3-9H,10H2,1-2H3,(H,17,19). The molecule has 0 aliphatic rings. The van der Waals surface area contributed by atoms with Crippen LogP contribution in [0.5, 0.6) is 11.5 Å². The van der Waals surface area contributed by atoms with Crippen LogP contribution in [0.25, 0.3) is 0 Å². The van der Waals surface area contributed by atoms with Crippen LogP contribution in [0.1, 0.15) is 5.56 Å². The van der Waals surface area contributed by atoms with E-state index in [9.17, 15) is 14.9 Å². The van der Waals surface area contributed by atoms with Gasteiger partial charge < -0.3 is 14.8 Å². The van der Waals surface area contributed by atoms with Crippen LogP contribution in [0.2, 0.25) is 0 Å². The molecule has 0 heterocycles. The van der Waals surface area contributed by atoms with Crippen LogP contribution in [-0.2, 0) is 4.79 Å². The van der Waals surface area contributed by atoms with Gasteiger partial charge in [-0.25, -0.2) is 0 Å². The molecule has 0 spiro atoms. The maximum atomic E-state index is 11.9. The van der Waals surface area contributed by atoms with Gasteiger partial charge in [-0.2, -0.15) is 0 Å². The Balaban J connectivity index is 1.98. The van der Waals surface area contributed by atoms with E-state index in [0.29, 0.717) is 22.7 Å². The second kappa shape index (κ2) is 7.26. The summed E-state index contributed by atoms with van der Waals surface area (Å²) < 4.78 is 10.5. The zero-order valence-electron chi connectivity index (χ0n) is 12.7. The third kappa shape index (κ3) is 4.19. The highest BCUT2D eigenvalue weighted by atomic mass is 16.6. The number of anilines is 1. The lowest BCUT2D eigenvalue weighted by Gasteiger charge is -2.11. The van der Waals surface area contributed by atoms with Crippen molar-refractivity contribution >= 4 is 17.3 Å². The number of nitrogens with zero attached hydrogens (tertiary/aromatic N) is 1. The number of benzene rings is 2. The minimum Gasteiger partial charge on any atom is -0.495 e. The summed E-state index contributed by atoms with van der Waals surface area (Å²) in [6, 6.07) is 11.2. The van der Waals surface area contributed by atoms with Crippen LogP contribution in [0.3, 0.4) is 0 Å². The molecule has 0 fully saturated rings. The van der Waals surface area contributed by atoms with Gasteiger partial charge in [-0.15, -0.1) is 0 Å². The number of nitro benzene ring substituents is 1. The van der Waals surface area contributed by atoms with Crippen LogP contribution in [0.15, 0.2) is 42.5 Å². The van der Waals surface area contributed by atoms with Crippen molar-refractivity contribution in [2.24, 2.45) is 0 Å². The van der Waals surface area contributed by atoms with E-state index in [1.807, 2.05) is 0 Å². The largest absolute Gasteiger partial charge is 0.495 e. The summed E-state index contributed by atoms with van der Waals surface area (Å²) in [6.45, 7) is 1.47. The Hall–Kier alpha value is -3.09. The summed E-state index contributed by atoms with van der Waals surface area (Å²) >= 11 is 0. The van der Waals surface area contributed by atoms with E-state index in [0.717, 1.165) is 0 Å². The monoisotopic (exact) mass is 316 g/mol. The molecule has 0 saturated carbocycles. The van der Waals surface area contributed by atoms with Crippen molar-refractivity contribution in [1.29, 1.82) is 0 Å². The van der Waals surface area contributed by atoms with Crippen molar-refractivity contribution < 1.29 is 19.2 Å². The van der Waals surface area contributed by atoms with Crippen LogP contribution in [0, 0.1) is 17.0 Å². The molecule has 0 aliphatic carbocycles. The van der Waals surface area contributed by atoms with Crippen molar-refractivity contribution in [1.82, 2.24) is 0 Å². The van der Waals surface area contributed by atoms with Crippen LogP contribution in [-0.4, -0.2) is 24.5 Å². The number of ether oxygens (including phenoxy) is 2. The predicted octanol–water partition coefficient (Wildman–Crippen LogP) is 2.93. The maximum Gasteiger partial charge on any atom is 0.269 e. The Kier molecular flexibility index (Phi) is 5.14. The maximum absolute atomic E-state index is 11.9. The highest BCUT2D eigenvalue weighted by molar-refractivity contribution is 5.93. The highest BCUT2D eigenvalue weighted by Gasteiger charge is 2.11. The molecule has 1 N–H and O–H groups in total. The topological polar surface area (TPSA) is 90.7 Å². The number of methoxy groups -OCH3 is 1. The highest BCUT2D eigenvalue weighted by Crippen LogP contribution is 2.24. The number of non-ortho nitro benzene ring substituents is 1. The lowest BCUT2D eigenvalue weighted by molar-refractivity contribution is -0.384. The van der Waals surface area contributed by atoms with Gasteiger partial charge in [0.1, 0.15) is 11.5 Å². The molecule has 0 saturated heterocycles. The van der Waals surface area contributed by atoms with Gasteiger partial charge in [0.2, 0.25) is 0 Å². The average molecular weight is 316 g/mol. The Bertz CT molecular complexity index is 730. The van der Waals surface area contributed by atoms with E-state index in [1.165, 1.54) is 25.3 Å². The number of carbonyl (C=O) groups excluding carboxylic acids is 1. The third-order valence-electron chi connectivity index (χ3n) is 3.11. The molecule has 0 bridgehead atoms. The van der Waals surface area contributed by atoms with Crippen LogP contribution in [0.4, 0.5) is 11.4 Å². The van der Waals surface area contributed by atoms with Gasteiger partial charge >= 0.3 is 0 Å². The summed E-state index contributed by atoms with van der Waals surface area (Å²) in [6.07, 6.45) is 0. The molecule has 120 valence electrons. The SMILES string of the molecule is COc1ccccc1NC(=O)COc1ccc([N+](=O)[O-])cc1C. The second-order valence-electron chi connectivity index (χ2n) is 4.74. The molecule has 7 nitrogen and oxygen atoms in total. The third-order valence-corrected chi connectivity index (χ3v) is 3.11. The summed E-state index contributed by atoms with van der Waals surface area (Å²) in [5.74, 6) is 0.616. The fraction of sp³-hybridized carbons (Fsp3) is 0.188. The van der Waals surface area contributed by atoms with Crippen molar-refractivity contribution in [3.8, 4) is 11.5 Å². The van der Waals surface area contributed by atoms with Crippen molar-refractivity contribution in [3.63, 3.8) is 0 Å². The fourth-order valence-corrected chi connectivity index (χ4v) is 1.99. The number of carbonyl (C=O) groups is 1. The van der Waals surface area contributed by atoms with E-state index < -0.39 is 4.92 Å². The number of hydrogen-bond acceptors (Lipinski definition) is 5. The van der Waals surface area contributed by atoms with E-state index in [2.05, 4.69) is 5.32 Å². The number of para-hydroxylation sites is 2. The quantitative estimate of drug-likeness (QED) is 0.653. The molecule has 1 amide bonds. The van der Waals surface area contributed by atoms with E-state index in [-0.39, 0.29) is 18.2 Å². The molecule has 0 aromatic heterocycles. The second-order valence-corrected chi connectivity index (χ2v) is 4.74. The number of nitro groups is 1. The normalized spacial score (nSPS) is 10.0. The predicted molar refractivity (Wildman–Crippen MR) is 85.0 cm³/mol. The Morgan fingerprint density at radius 3 is 2.61 bits per heavy atom. The molecular weight excluding hydrogens is 300 g/mol. The molecular formula is C16H16N2O5. The molecule has 23 heavy (non-hydrogen) atoms. The Morgan fingerprint density at radius 2 is 1.96 bits per heavy atom. The summed E-state index contributed by atoms with van der Waals surface area (Å²) in [5, 5.41) is 13.4. The fourth-order valence-electron chi connectivity index (χ4n) is 1.99. The smallest absolute Gasteiger partial charge is 0.269 e. The first-order valence-corrected chi connectivity index (χ1v) is 6.82. The average Bonchev–Trinajstić information content (AvgIpc) is 2.54. The number of aryl methyl sites for hydroxylation is 1. The number of rotatable bonds is 6. The zero-order valence-corrected chi connectivity index (χ0v) is 12.7. The van der Waals surface area contributed by atoms with Crippen molar-refractivity contribution in [2.45, 2.75) is 6.92 Å². The van der Waals surface area contributed by atoms with Gasteiger partial charge in [-0.05, 0) is 30.7 Å².